The highest BCUT2D eigenvalue weighted by Gasteiger charge is 2.16. The summed E-state index contributed by atoms with van der Waals surface area (Å²) in [6, 6.07) is 4.05. The molecule has 1 saturated carbocycles. The molecule has 0 atom stereocenters. The monoisotopic (exact) mass is 275 g/mol. The third-order valence-electron chi connectivity index (χ3n) is 3.76. The van der Waals surface area contributed by atoms with Gasteiger partial charge in [0.2, 0.25) is 0 Å². The molecule has 2 N–H and O–H groups in total. The first kappa shape index (κ1) is 14.8. The van der Waals surface area contributed by atoms with E-state index in [9.17, 15) is 4.79 Å². The summed E-state index contributed by atoms with van der Waals surface area (Å²) >= 11 is 0. The van der Waals surface area contributed by atoms with Gasteiger partial charge in [0, 0.05) is 24.5 Å². The van der Waals surface area contributed by atoms with E-state index in [1.54, 1.807) is 6.20 Å². The van der Waals surface area contributed by atoms with E-state index in [0.29, 0.717) is 11.7 Å². The molecule has 1 aromatic rings. The molecule has 1 heterocycles. The molecular formula is C16H25N3O. The highest BCUT2D eigenvalue weighted by molar-refractivity contribution is 5.93. The van der Waals surface area contributed by atoms with Gasteiger partial charge < -0.3 is 10.6 Å². The molecule has 1 amide bonds. The third kappa shape index (κ3) is 4.51. The molecule has 0 aliphatic heterocycles. The van der Waals surface area contributed by atoms with Gasteiger partial charge in [-0.2, -0.15) is 0 Å². The molecule has 1 aliphatic rings. The van der Waals surface area contributed by atoms with Crippen LogP contribution in [0.25, 0.3) is 0 Å². The number of amides is 1. The van der Waals surface area contributed by atoms with Crippen LogP contribution in [0.1, 0.15) is 62.4 Å². The van der Waals surface area contributed by atoms with Crippen LogP contribution >= 0.6 is 0 Å². The van der Waals surface area contributed by atoms with Crippen molar-refractivity contribution in [1.29, 1.82) is 0 Å². The highest BCUT2D eigenvalue weighted by Crippen LogP contribution is 2.17. The molecule has 4 nitrogen and oxygen atoms in total. The molecule has 0 radical (unpaired) electrons. The second-order valence-corrected chi connectivity index (χ2v) is 5.52. The maximum atomic E-state index is 12.2. The lowest BCUT2D eigenvalue weighted by molar-refractivity contribution is 0.0928. The van der Waals surface area contributed by atoms with E-state index in [1.807, 2.05) is 12.1 Å². The summed E-state index contributed by atoms with van der Waals surface area (Å²) < 4.78 is 0. The molecule has 0 bridgehead atoms. The Hall–Kier alpha value is -1.58. The molecule has 0 unspecified atom stereocenters. The van der Waals surface area contributed by atoms with Crippen LogP contribution in [0.4, 0.5) is 5.69 Å². The van der Waals surface area contributed by atoms with Gasteiger partial charge in [-0.15, -0.1) is 0 Å². The topological polar surface area (TPSA) is 54.0 Å². The lowest BCUT2D eigenvalue weighted by Gasteiger charge is -2.16. The number of nitrogens with zero attached hydrogens (tertiary/aromatic N) is 1. The minimum atomic E-state index is -0.0444. The van der Waals surface area contributed by atoms with Crippen LogP contribution in [-0.4, -0.2) is 23.5 Å². The molecule has 1 aromatic heterocycles. The van der Waals surface area contributed by atoms with E-state index in [0.717, 1.165) is 31.5 Å². The Labute approximate surface area is 121 Å². The van der Waals surface area contributed by atoms with E-state index in [-0.39, 0.29) is 5.91 Å². The van der Waals surface area contributed by atoms with Gasteiger partial charge in [-0.05, 0) is 31.4 Å². The van der Waals surface area contributed by atoms with Gasteiger partial charge in [-0.1, -0.05) is 32.6 Å². The number of aromatic nitrogens is 1. The van der Waals surface area contributed by atoms with Crippen molar-refractivity contribution >= 4 is 11.6 Å². The van der Waals surface area contributed by atoms with Crippen molar-refractivity contribution in [3.05, 3.63) is 24.0 Å². The molecular weight excluding hydrogens is 250 g/mol. The van der Waals surface area contributed by atoms with Gasteiger partial charge in [-0.25, -0.2) is 0 Å². The Bertz CT molecular complexity index is 425. The summed E-state index contributed by atoms with van der Waals surface area (Å²) in [5.74, 6) is -0.0444. The van der Waals surface area contributed by atoms with Crippen LogP contribution in [0.2, 0.25) is 0 Å². The number of rotatable bonds is 5. The molecule has 1 fully saturated rings. The van der Waals surface area contributed by atoms with Gasteiger partial charge in [0.05, 0.1) is 0 Å². The summed E-state index contributed by atoms with van der Waals surface area (Å²) in [5.41, 5.74) is 1.48. The predicted molar refractivity (Wildman–Crippen MR) is 82.0 cm³/mol. The van der Waals surface area contributed by atoms with Gasteiger partial charge in [-0.3, -0.25) is 9.78 Å². The van der Waals surface area contributed by atoms with Crippen LogP contribution in [0, 0.1) is 0 Å². The van der Waals surface area contributed by atoms with Crippen molar-refractivity contribution in [1.82, 2.24) is 10.3 Å². The van der Waals surface area contributed by atoms with Crippen LogP contribution in [0.3, 0.4) is 0 Å². The van der Waals surface area contributed by atoms with Crippen LogP contribution in [-0.2, 0) is 0 Å². The smallest absolute Gasteiger partial charge is 0.270 e. The van der Waals surface area contributed by atoms with E-state index in [2.05, 4.69) is 22.5 Å². The average Bonchev–Trinajstić information content (AvgIpc) is 2.74. The summed E-state index contributed by atoms with van der Waals surface area (Å²) in [6.45, 7) is 3.03. The first-order valence-corrected chi connectivity index (χ1v) is 7.80. The first-order chi connectivity index (χ1) is 9.79. The number of nitrogens with one attached hydrogen (secondary N) is 2. The molecule has 20 heavy (non-hydrogen) atoms. The van der Waals surface area contributed by atoms with Crippen LogP contribution < -0.4 is 10.6 Å². The fraction of sp³-hybridized carbons (Fsp3) is 0.625. The number of carbonyl (C=O) groups is 1. The molecule has 0 aromatic carbocycles. The summed E-state index contributed by atoms with van der Waals surface area (Å²) in [7, 11) is 0. The Balaban J connectivity index is 1.93. The maximum absolute atomic E-state index is 12.2. The van der Waals surface area contributed by atoms with Gasteiger partial charge in [0.25, 0.3) is 5.91 Å². The maximum Gasteiger partial charge on any atom is 0.270 e. The minimum absolute atomic E-state index is 0.0444. The van der Waals surface area contributed by atoms with Crippen LogP contribution in [0.15, 0.2) is 18.3 Å². The predicted octanol–water partition coefficient (Wildman–Crippen LogP) is 3.36. The molecule has 110 valence electrons. The SMILES string of the molecule is CCCNc1ccnc(C(=O)NC2CCCCCC2)c1. The van der Waals surface area contributed by atoms with Crippen LogP contribution in [0.5, 0.6) is 0 Å². The average molecular weight is 275 g/mol. The third-order valence-corrected chi connectivity index (χ3v) is 3.76. The van der Waals surface area contributed by atoms with E-state index in [4.69, 9.17) is 0 Å². The fourth-order valence-electron chi connectivity index (χ4n) is 2.62. The molecule has 2 rings (SSSR count). The zero-order valence-corrected chi connectivity index (χ0v) is 12.3. The van der Waals surface area contributed by atoms with E-state index in [1.165, 1.54) is 25.7 Å². The lowest BCUT2D eigenvalue weighted by Crippen LogP contribution is -2.34. The van der Waals surface area contributed by atoms with E-state index >= 15 is 0 Å². The summed E-state index contributed by atoms with van der Waals surface area (Å²) in [6.07, 6.45) is 9.97. The Morgan fingerprint density at radius 1 is 1.30 bits per heavy atom. The number of anilines is 1. The van der Waals surface area contributed by atoms with Crippen molar-refractivity contribution in [2.75, 3.05) is 11.9 Å². The molecule has 4 heteroatoms. The Morgan fingerprint density at radius 2 is 2.05 bits per heavy atom. The summed E-state index contributed by atoms with van der Waals surface area (Å²) in [4.78, 5) is 16.4. The fourth-order valence-corrected chi connectivity index (χ4v) is 2.62. The van der Waals surface area contributed by atoms with Gasteiger partial charge in [0.1, 0.15) is 5.69 Å². The second kappa shape index (κ2) is 7.88. The Kier molecular flexibility index (Phi) is 5.84. The van der Waals surface area contributed by atoms with Crippen molar-refractivity contribution in [3.8, 4) is 0 Å². The molecule has 0 spiro atoms. The molecule has 0 saturated heterocycles. The van der Waals surface area contributed by atoms with Gasteiger partial charge in [0.15, 0.2) is 0 Å². The number of hydrogen-bond acceptors (Lipinski definition) is 3. The van der Waals surface area contributed by atoms with Gasteiger partial charge >= 0.3 is 0 Å². The second-order valence-electron chi connectivity index (χ2n) is 5.52. The van der Waals surface area contributed by atoms with Crippen molar-refractivity contribution < 1.29 is 4.79 Å². The Morgan fingerprint density at radius 3 is 2.75 bits per heavy atom. The normalized spacial score (nSPS) is 16.4. The molecule has 1 aliphatic carbocycles. The minimum Gasteiger partial charge on any atom is -0.385 e. The van der Waals surface area contributed by atoms with E-state index < -0.39 is 0 Å². The number of pyridine rings is 1. The zero-order valence-electron chi connectivity index (χ0n) is 12.3. The quantitative estimate of drug-likeness (QED) is 0.810. The highest BCUT2D eigenvalue weighted by atomic mass is 16.1. The zero-order chi connectivity index (χ0) is 14.2. The number of hydrogen-bond donors (Lipinski definition) is 2. The number of carbonyl (C=O) groups excluding carboxylic acids is 1. The summed E-state index contributed by atoms with van der Waals surface area (Å²) in [5, 5.41) is 6.41. The lowest BCUT2D eigenvalue weighted by atomic mass is 10.1. The first-order valence-electron chi connectivity index (χ1n) is 7.80. The van der Waals surface area contributed by atoms with Crippen molar-refractivity contribution in [2.45, 2.75) is 57.9 Å². The van der Waals surface area contributed by atoms with Crippen molar-refractivity contribution in [2.24, 2.45) is 0 Å². The largest absolute Gasteiger partial charge is 0.385 e. The van der Waals surface area contributed by atoms with Crippen molar-refractivity contribution in [3.63, 3.8) is 0 Å². The standard InChI is InChI=1S/C16H25N3O/c1-2-10-17-14-9-11-18-15(12-14)16(20)19-13-7-5-3-4-6-8-13/h9,11-13H,2-8,10H2,1H3,(H,17,18)(H,19,20).